The predicted octanol–water partition coefficient (Wildman–Crippen LogP) is 2.47. The van der Waals surface area contributed by atoms with Gasteiger partial charge in [0.25, 0.3) is 0 Å². The second kappa shape index (κ2) is 4.28. The lowest BCUT2D eigenvalue weighted by Gasteiger charge is -2.24. The summed E-state index contributed by atoms with van der Waals surface area (Å²) in [5.74, 6) is 0. The summed E-state index contributed by atoms with van der Waals surface area (Å²) in [6.07, 6.45) is 2.86. The Labute approximate surface area is 89.8 Å². The van der Waals surface area contributed by atoms with E-state index in [-0.39, 0.29) is 12.0 Å². The van der Waals surface area contributed by atoms with Gasteiger partial charge in [0.1, 0.15) is 0 Å². The summed E-state index contributed by atoms with van der Waals surface area (Å²) in [6, 6.07) is 0. The second-order valence-corrected chi connectivity index (χ2v) is 4.73. The number of aliphatic hydroxyl groups is 1. The molecular formula is C10H18N2OS. The van der Waals surface area contributed by atoms with Crippen LogP contribution in [0.25, 0.3) is 0 Å². The first-order valence-electron chi connectivity index (χ1n) is 4.88. The molecule has 0 fully saturated rings. The number of rotatable bonds is 4. The SMILES string of the molecule is CCC(C)(C)Cn1c(CO)c[nH]c1=S. The Morgan fingerprint density at radius 1 is 1.57 bits per heavy atom. The number of nitrogens with zero attached hydrogens (tertiary/aromatic N) is 1. The minimum atomic E-state index is 0.0347. The third-order valence-electron chi connectivity index (χ3n) is 2.66. The van der Waals surface area contributed by atoms with E-state index in [0.29, 0.717) is 4.77 Å². The van der Waals surface area contributed by atoms with E-state index in [0.717, 1.165) is 18.7 Å². The molecule has 0 aliphatic rings. The molecule has 1 aromatic rings. The average Bonchev–Trinajstić information content (AvgIpc) is 2.48. The van der Waals surface area contributed by atoms with Crippen molar-refractivity contribution in [3.8, 4) is 0 Å². The molecule has 0 aliphatic carbocycles. The Hall–Kier alpha value is -0.610. The summed E-state index contributed by atoms with van der Waals surface area (Å²) < 4.78 is 2.66. The summed E-state index contributed by atoms with van der Waals surface area (Å²) in [4.78, 5) is 2.95. The molecule has 1 heterocycles. The van der Waals surface area contributed by atoms with Gasteiger partial charge in [0.05, 0.1) is 12.3 Å². The van der Waals surface area contributed by atoms with Gasteiger partial charge in [-0.2, -0.15) is 0 Å². The fourth-order valence-corrected chi connectivity index (χ4v) is 1.52. The zero-order valence-corrected chi connectivity index (χ0v) is 9.82. The summed E-state index contributed by atoms with van der Waals surface area (Å²) in [6.45, 7) is 7.44. The summed E-state index contributed by atoms with van der Waals surface area (Å²) in [7, 11) is 0. The van der Waals surface area contributed by atoms with Crippen LogP contribution in [0.5, 0.6) is 0 Å². The van der Waals surface area contributed by atoms with Crippen LogP contribution in [0.1, 0.15) is 32.9 Å². The maximum Gasteiger partial charge on any atom is 0.177 e. The summed E-state index contributed by atoms with van der Waals surface area (Å²) in [5.41, 5.74) is 1.07. The lowest BCUT2D eigenvalue weighted by atomic mass is 9.90. The van der Waals surface area contributed by atoms with Crippen molar-refractivity contribution in [3.05, 3.63) is 16.7 Å². The highest BCUT2D eigenvalue weighted by Crippen LogP contribution is 2.23. The van der Waals surface area contributed by atoms with Gasteiger partial charge < -0.3 is 14.7 Å². The largest absolute Gasteiger partial charge is 0.390 e. The molecule has 80 valence electrons. The van der Waals surface area contributed by atoms with Gasteiger partial charge in [-0.15, -0.1) is 0 Å². The van der Waals surface area contributed by atoms with Crippen molar-refractivity contribution in [2.45, 2.75) is 40.3 Å². The number of hydrogen-bond donors (Lipinski definition) is 2. The Balaban J connectivity index is 2.95. The van der Waals surface area contributed by atoms with E-state index in [1.165, 1.54) is 0 Å². The van der Waals surface area contributed by atoms with E-state index < -0.39 is 0 Å². The van der Waals surface area contributed by atoms with E-state index in [4.69, 9.17) is 17.3 Å². The Kier molecular flexibility index (Phi) is 3.50. The highest BCUT2D eigenvalue weighted by Gasteiger charge is 2.17. The maximum absolute atomic E-state index is 9.11. The molecule has 1 aromatic heterocycles. The number of aromatic nitrogens is 2. The van der Waals surface area contributed by atoms with Gasteiger partial charge in [-0.25, -0.2) is 0 Å². The van der Waals surface area contributed by atoms with Crippen LogP contribution in [0.2, 0.25) is 0 Å². The van der Waals surface area contributed by atoms with Crippen molar-refractivity contribution in [1.29, 1.82) is 0 Å². The van der Waals surface area contributed by atoms with Gasteiger partial charge >= 0.3 is 0 Å². The molecule has 1 rings (SSSR count). The van der Waals surface area contributed by atoms with Crippen molar-refractivity contribution >= 4 is 12.2 Å². The van der Waals surface area contributed by atoms with Crippen LogP contribution >= 0.6 is 12.2 Å². The number of hydrogen-bond acceptors (Lipinski definition) is 2. The van der Waals surface area contributed by atoms with Crippen molar-refractivity contribution in [2.24, 2.45) is 5.41 Å². The Morgan fingerprint density at radius 3 is 2.71 bits per heavy atom. The highest BCUT2D eigenvalue weighted by atomic mass is 32.1. The van der Waals surface area contributed by atoms with Crippen LogP contribution in [0.3, 0.4) is 0 Å². The van der Waals surface area contributed by atoms with Gasteiger partial charge in [-0.1, -0.05) is 20.8 Å². The minimum absolute atomic E-state index is 0.0347. The van der Waals surface area contributed by atoms with Crippen LogP contribution < -0.4 is 0 Å². The molecule has 0 saturated heterocycles. The molecule has 3 nitrogen and oxygen atoms in total. The lowest BCUT2D eigenvalue weighted by molar-refractivity contribution is 0.248. The maximum atomic E-state index is 9.11. The molecule has 14 heavy (non-hydrogen) atoms. The quantitative estimate of drug-likeness (QED) is 0.756. The number of aliphatic hydroxyl groups excluding tert-OH is 1. The van der Waals surface area contributed by atoms with Gasteiger partial charge in [0.15, 0.2) is 4.77 Å². The zero-order valence-electron chi connectivity index (χ0n) is 9.00. The zero-order chi connectivity index (χ0) is 10.8. The predicted molar refractivity (Wildman–Crippen MR) is 59.6 cm³/mol. The topological polar surface area (TPSA) is 41.0 Å². The standard InChI is InChI=1S/C10H18N2OS/c1-4-10(2,3)7-12-8(6-13)5-11-9(12)14/h5,13H,4,6-7H2,1-3H3,(H,11,14). The van der Waals surface area contributed by atoms with E-state index >= 15 is 0 Å². The third-order valence-corrected chi connectivity index (χ3v) is 3.00. The van der Waals surface area contributed by atoms with Crippen LogP contribution in [-0.4, -0.2) is 14.7 Å². The minimum Gasteiger partial charge on any atom is -0.390 e. The molecule has 0 saturated carbocycles. The number of H-pyrrole nitrogens is 1. The molecule has 0 aliphatic heterocycles. The molecule has 2 N–H and O–H groups in total. The molecule has 0 radical (unpaired) electrons. The molecule has 0 aromatic carbocycles. The molecule has 0 bridgehead atoms. The van der Waals surface area contributed by atoms with Crippen LogP contribution in [0.4, 0.5) is 0 Å². The summed E-state index contributed by atoms with van der Waals surface area (Å²) in [5, 5.41) is 9.11. The van der Waals surface area contributed by atoms with Gasteiger partial charge in [0.2, 0.25) is 0 Å². The average molecular weight is 214 g/mol. The number of imidazole rings is 1. The molecule has 0 spiro atoms. The van der Waals surface area contributed by atoms with Crippen molar-refractivity contribution in [2.75, 3.05) is 0 Å². The first-order valence-corrected chi connectivity index (χ1v) is 5.29. The van der Waals surface area contributed by atoms with E-state index in [1.807, 2.05) is 4.57 Å². The molecule has 0 amide bonds. The van der Waals surface area contributed by atoms with E-state index in [1.54, 1.807) is 6.20 Å². The molecule has 0 unspecified atom stereocenters. The van der Waals surface area contributed by atoms with Gasteiger partial charge in [0, 0.05) is 12.7 Å². The third kappa shape index (κ3) is 2.45. The van der Waals surface area contributed by atoms with Crippen molar-refractivity contribution in [1.82, 2.24) is 9.55 Å². The Morgan fingerprint density at radius 2 is 2.21 bits per heavy atom. The number of nitrogens with one attached hydrogen (secondary N) is 1. The highest BCUT2D eigenvalue weighted by molar-refractivity contribution is 7.71. The molecule has 0 atom stereocenters. The smallest absolute Gasteiger partial charge is 0.177 e. The lowest BCUT2D eigenvalue weighted by Crippen LogP contribution is -2.20. The van der Waals surface area contributed by atoms with E-state index in [9.17, 15) is 0 Å². The Bertz CT molecular complexity index is 351. The monoisotopic (exact) mass is 214 g/mol. The van der Waals surface area contributed by atoms with Gasteiger partial charge in [-0.05, 0) is 24.1 Å². The first-order chi connectivity index (χ1) is 6.50. The molecular weight excluding hydrogens is 196 g/mol. The normalized spacial score (nSPS) is 12.0. The van der Waals surface area contributed by atoms with Crippen LogP contribution in [-0.2, 0) is 13.2 Å². The fraction of sp³-hybridized carbons (Fsp3) is 0.700. The van der Waals surface area contributed by atoms with Crippen LogP contribution in [0, 0.1) is 10.2 Å². The fourth-order valence-electron chi connectivity index (χ4n) is 1.28. The number of aromatic amines is 1. The van der Waals surface area contributed by atoms with Crippen LogP contribution in [0.15, 0.2) is 6.20 Å². The van der Waals surface area contributed by atoms with Crippen molar-refractivity contribution < 1.29 is 5.11 Å². The van der Waals surface area contributed by atoms with Crippen molar-refractivity contribution in [3.63, 3.8) is 0 Å². The molecule has 4 heteroatoms. The second-order valence-electron chi connectivity index (χ2n) is 4.35. The summed E-state index contributed by atoms with van der Waals surface area (Å²) >= 11 is 5.15. The van der Waals surface area contributed by atoms with E-state index in [2.05, 4.69) is 25.8 Å². The first kappa shape index (κ1) is 11.5. The van der Waals surface area contributed by atoms with Gasteiger partial charge in [-0.3, -0.25) is 0 Å².